The lowest BCUT2D eigenvalue weighted by Gasteiger charge is -2.15. The number of nitrogens with one attached hydrogen (secondary N) is 1. The van der Waals surface area contributed by atoms with Crippen molar-refractivity contribution in [1.82, 2.24) is 4.72 Å². The van der Waals surface area contributed by atoms with Gasteiger partial charge in [0.05, 0.1) is 9.92 Å². The van der Waals surface area contributed by atoms with Gasteiger partial charge in [-0.2, -0.15) is 0 Å². The van der Waals surface area contributed by atoms with E-state index in [1.165, 1.54) is 18.2 Å². The Kier molecular flexibility index (Phi) is 4.93. The van der Waals surface area contributed by atoms with E-state index < -0.39 is 16.1 Å². The van der Waals surface area contributed by atoms with Crippen LogP contribution in [0.15, 0.2) is 51.8 Å². The summed E-state index contributed by atoms with van der Waals surface area (Å²) in [5.41, 5.74) is 7.10. The molecule has 2 aromatic carbocycles. The van der Waals surface area contributed by atoms with E-state index in [1.54, 1.807) is 25.1 Å². The number of sulfonamides is 1. The van der Waals surface area contributed by atoms with Crippen LogP contribution in [0.1, 0.15) is 18.5 Å². The van der Waals surface area contributed by atoms with Crippen molar-refractivity contribution in [3.8, 4) is 0 Å². The summed E-state index contributed by atoms with van der Waals surface area (Å²) in [4.78, 5) is 0.148. The van der Waals surface area contributed by atoms with Crippen LogP contribution in [0.2, 0.25) is 5.02 Å². The van der Waals surface area contributed by atoms with Crippen LogP contribution in [0.3, 0.4) is 0 Å². The van der Waals surface area contributed by atoms with Crippen molar-refractivity contribution >= 4 is 43.2 Å². The number of hydrogen-bond acceptors (Lipinski definition) is 3. The summed E-state index contributed by atoms with van der Waals surface area (Å²) in [6.45, 7) is 1.76. The molecule has 21 heavy (non-hydrogen) atoms. The van der Waals surface area contributed by atoms with Crippen LogP contribution in [-0.4, -0.2) is 8.42 Å². The van der Waals surface area contributed by atoms with Crippen molar-refractivity contribution in [3.63, 3.8) is 0 Å². The zero-order valence-electron chi connectivity index (χ0n) is 11.2. The molecular formula is C14H14BrClN2O2S. The normalized spacial score (nSPS) is 13.1. The average molecular weight is 390 g/mol. The van der Waals surface area contributed by atoms with Gasteiger partial charge in [-0.25, -0.2) is 13.1 Å². The number of halogens is 2. The summed E-state index contributed by atoms with van der Waals surface area (Å²) >= 11 is 9.09. The van der Waals surface area contributed by atoms with Crippen LogP contribution in [0.4, 0.5) is 5.69 Å². The van der Waals surface area contributed by atoms with Gasteiger partial charge >= 0.3 is 0 Å². The molecule has 0 heterocycles. The highest BCUT2D eigenvalue weighted by atomic mass is 79.9. The van der Waals surface area contributed by atoms with Gasteiger partial charge in [0.15, 0.2) is 0 Å². The molecule has 112 valence electrons. The van der Waals surface area contributed by atoms with Gasteiger partial charge in [-0.3, -0.25) is 0 Å². The minimum absolute atomic E-state index is 0.148. The molecule has 0 amide bonds. The molecule has 2 rings (SSSR count). The topological polar surface area (TPSA) is 72.2 Å². The standard InChI is InChI=1S/C14H14BrClN2O2S/c1-9(10-3-2-4-11(17)7-10)18-21(19,20)12-5-6-14(16)13(15)8-12/h2-9,18H,17H2,1H3. The first kappa shape index (κ1) is 16.3. The monoisotopic (exact) mass is 388 g/mol. The van der Waals surface area contributed by atoms with E-state index in [2.05, 4.69) is 20.7 Å². The number of nitrogen functional groups attached to an aromatic ring is 1. The molecule has 0 saturated heterocycles. The van der Waals surface area contributed by atoms with E-state index in [1.807, 2.05) is 6.07 Å². The van der Waals surface area contributed by atoms with Gasteiger partial charge in [-0.15, -0.1) is 0 Å². The van der Waals surface area contributed by atoms with E-state index in [4.69, 9.17) is 17.3 Å². The molecule has 0 aromatic heterocycles. The van der Waals surface area contributed by atoms with Crippen LogP contribution >= 0.6 is 27.5 Å². The summed E-state index contributed by atoms with van der Waals surface area (Å²) in [6, 6.07) is 11.2. The van der Waals surface area contributed by atoms with Gasteiger partial charge in [0.1, 0.15) is 0 Å². The van der Waals surface area contributed by atoms with Crippen LogP contribution < -0.4 is 10.5 Å². The van der Waals surface area contributed by atoms with Crippen molar-refractivity contribution in [3.05, 3.63) is 57.5 Å². The number of anilines is 1. The van der Waals surface area contributed by atoms with Gasteiger partial charge in [-0.1, -0.05) is 23.7 Å². The third-order valence-electron chi connectivity index (χ3n) is 2.94. The summed E-state index contributed by atoms with van der Waals surface area (Å²) in [7, 11) is -3.64. The highest BCUT2D eigenvalue weighted by molar-refractivity contribution is 9.10. The van der Waals surface area contributed by atoms with Gasteiger partial charge in [0.25, 0.3) is 0 Å². The zero-order chi connectivity index (χ0) is 15.6. The first-order valence-electron chi connectivity index (χ1n) is 6.12. The largest absolute Gasteiger partial charge is 0.399 e. The molecule has 0 aliphatic heterocycles. The fourth-order valence-electron chi connectivity index (χ4n) is 1.84. The Hall–Kier alpha value is -1.08. The number of rotatable bonds is 4. The van der Waals surface area contributed by atoms with Crippen molar-refractivity contribution in [2.24, 2.45) is 0 Å². The zero-order valence-corrected chi connectivity index (χ0v) is 14.3. The first-order chi connectivity index (χ1) is 9.79. The van der Waals surface area contributed by atoms with Crippen LogP contribution in [0, 0.1) is 0 Å². The average Bonchev–Trinajstić information content (AvgIpc) is 2.41. The Morgan fingerprint density at radius 3 is 2.57 bits per heavy atom. The Balaban J connectivity index is 2.26. The summed E-state index contributed by atoms with van der Waals surface area (Å²) in [5, 5.41) is 0.456. The molecule has 2 aromatic rings. The molecular weight excluding hydrogens is 376 g/mol. The predicted molar refractivity (Wildman–Crippen MR) is 88.7 cm³/mol. The maximum atomic E-state index is 12.4. The van der Waals surface area contributed by atoms with Crippen LogP contribution in [-0.2, 0) is 10.0 Å². The van der Waals surface area contributed by atoms with Gasteiger partial charge in [0, 0.05) is 16.2 Å². The lowest BCUT2D eigenvalue weighted by molar-refractivity contribution is 0.567. The van der Waals surface area contributed by atoms with Gasteiger partial charge in [-0.05, 0) is 58.7 Å². The second-order valence-electron chi connectivity index (χ2n) is 4.59. The first-order valence-corrected chi connectivity index (χ1v) is 8.78. The molecule has 0 spiro atoms. The predicted octanol–water partition coefficient (Wildman–Crippen LogP) is 3.72. The quantitative estimate of drug-likeness (QED) is 0.783. The molecule has 0 aliphatic rings. The lowest BCUT2D eigenvalue weighted by Crippen LogP contribution is -2.27. The van der Waals surface area contributed by atoms with E-state index in [0.29, 0.717) is 15.2 Å². The fraction of sp³-hybridized carbons (Fsp3) is 0.143. The van der Waals surface area contributed by atoms with Crippen molar-refractivity contribution in [1.29, 1.82) is 0 Å². The molecule has 3 N–H and O–H groups in total. The van der Waals surface area contributed by atoms with Crippen molar-refractivity contribution in [2.75, 3.05) is 5.73 Å². The number of benzene rings is 2. The number of nitrogens with two attached hydrogens (primary N) is 1. The Bertz CT molecular complexity index is 765. The third kappa shape index (κ3) is 3.97. The smallest absolute Gasteiger partial charge is 0.241 e. The molecule has 4 nitrogen and oxygen atoms in total. The Morgan fingerprint density at radius 1 is 1.24 bits per heavy atom. The lowest BCUT2D eigenvalue weighted by atomic mass is 10.1. The maximum Gasteiger partial charge on any atom is 0.241 e. The highest BCUT2D eigenvalue weighted by Gasteiger charge is 2.19. The molecule has 0 radical (unpaired) electrons. The molecule has 0 saturated carbocycles. The number of hydrogen-bond donors (Lipinski definition) is 2. The van der Waals surface area contributed by atoms with Crippen LogP contribution in [0.5, 0.6) is 0 Å². The van der Waals surface area contributed by atoms with Crippen LogP contribution in [0.25, 0.3) is 0 Å². The fourth-order valence-corrected chi connectivity index (χ4v) is 3.75. The Labute approximate surface area is 137 Å². The highest BCUT2D eigenvalue weighted by Crippen LogP contribution is 2.26. The molecule has 0 bridgehead atoms. The van der Waals surface area contributed by atoms with E-state index >= 15 is 0 Å². The summed E-state index contributed by atoms with van der Waals surface area (Å²) in [6.07, 6.45) is 0. The molecule has 1 unspecified atom stereocenters. The minimum Gasteiger partial charge on any atom is -0.399 e. The van der Waals surface area contributed by atoms with E-state index in [0.717, 1.165) is 5.56 Å². The van der Waals surface area contributed by atoms with Gasteiger partial charge < -0.3 is 5.73 Å². The van der Waals surface area contributed by atoms with E-state index in [-0.39, 0.29) is 4.90 Å². The molecule has 0 aliphatic carbocycles. The molecule has 0 fully saturated rings. The van der Waals surface area contributed by atoms with Crippen molar-refractivity contribution in [2.45, 2.75) is 17.9 Å². The van der Waals surface area contributed by atoms with Gasteiger partial charge in [0.2, 0.25) is 10.0 Å². The maximum absolute atomic E-state index is 12.4. The summed E-state index contributed by atoms with van der Waals surface area (Å²) < 4.78 is 27.9. The molecule has 7 heteroatoms. The minimum atomic E-state index is -3.64. The van der Waals surface area contributed by atoms with Crippen molar-refractivity contribution < 1.29 is 8.42 Å². The third-order valence-corrected chi connectivity index (χ3v) is 5.70. The second kappa shape index (κ2) is 6.36. The SMILES string of the molecule is CC(NS(=O)(=O)c1ccc(Cl)c(Br)c1)c1cccc(N)c1. The summed E-state index contributed by atoms with van der Waals surface area (Å²) in [5.74, 6) is 0. The Morgan fingerprint density at radius 2 is 1.95 bits per heavy atom. The second-order valence-corrected chi connectivity index (χ2v) is 7.56. The van der Waals surface area contributed by atoms with E-state index in [9.17, 15) is 8.42 Å². The molecule has 1 atom stereocenters.